The van der Waals surface area contributed by atoms with Gasteiger partial charge in [-0.25, -0.2) is 0 Å². The number of carbonyl (C=O) groups excluding carboxylic acids is 1. The molecule has 0 saturated carbocycles. The lowest BCUT2D eigenvalue weighted by Gasteiger charge is -2.07. The fourth-order valence-electron chi connectivity index (χ4n) is 1.47. The average Bonchev–Trinajstić information content (AvgIpc) is 2.83. The van der Waals surface area contributed by atoms with Crippen molar-refractivity contribution < 1.29 is 9.53 Å². The lowest BCUT2D eigenvalue weighted by Crippen LogP contribution is -2.10. The number of aryl methyl sites for hydroxylation is 1. The van der Waals surface area contributed by atoms with E-state index >= 15 is 0 Å². The predicted octanol–water partition coefficient (Wildman–Crippen LogP) is 4.08. The molecular formula is C13H12BrNO2S. The zero-order valence-electron chi connectivity index (χ0n) is 9.99. The van der Waals surface area contributed by atoms with Gasteiger partial charge in [0.25, 0.3) is 5.91 Å². The van der Waals surface area contributed by atoms with Crippen molar-refractivity contribution in [2.24, 2.45) is 0 Å². The second kappa shape index (κ2) is 5.54. The minimum Gasteiger partial charge on any atom is -0.496 e. The van der Waals surface area contributed by atoms with Gasteiger partial charge in [0.15, 0.2) is 0 Å². The van der Waals surface area contributed by atoms with Crippen LogP contribution >= 0.6 is 27.3 Å². The molecule has 18 heavy (non-hydrogen) atoms. The Kier molecular flexibility index (Phi) is 4.04. The van der Waals surface area contributed by atoms with Gasteiger partial charge in [-0.15, -0.1) is 11.3 Å². The Bertz CT molecular complexity index is 580. The summed E-state index contributed by atoms with van der Waals surface area (Å²) < 4.78 is 5.96. The molecule has 3 nitrogen and oxygen atoms in total. The summed E-state index contributed by atoms with van der Waals surface area (Å²) in [5, 5.41) is 4.68. The van der Waals surface area contributed by atoms with Gasteiger partial charge in [-0.05, 0) is 34.5 Å². The van der Waals surface area contributed by atoms with E-state index in [0.29, 0.717) is 10.6 Å². The first-order valence-electron chi connectivity index (χ1n) is 5.31. The van der Waals surface area contributed by atoms with Crippen LogP contribution in [0.2, 0.25) is 0 Å². The SMILES string of the molecule is COc1csc(C(=O)Nc2cccc(C)c2Br)c1. The first kappa shape index (κ1) is 13.1. The fraction of sp³-hybridized carbons (Fsp3) is 0.154. The summed E-state index contributed by atoms with van der Waals surface area (Å²) in [4.78, 5) is 12.7. The van der Waals surface area contributed by atoms with E-state index in [1.807, 2.05) is 25.1 Å². The number of methoxy groups -OCH3 is 1. The molecule has 5 heteroatoms. The first-order valence-corrected chi connectivity index (χ1v) is 6.98. The minimum absolute atomic E-state index is 0.130. The van der Waals surface area contributed by atoms with Crippen molar-refractivity contribution in [3.63, 3.8) is 0 Å². The van der Waals surface area contributed by atoms with Crippen LogP contribution in [0.4, 0.5) is 5.69 Å². The molecule has 1 aromatic carbocycles. The van der Waals surface area contributed by atoms with Gasteiger partial charge in [0.1, 0.15) is 5.75 Å². The molecule has 0 atom stereocenters. The van der Waals surface area contributed by atoms with E-state index in [2.05, 4.69) is 21.2 Å². The number of ether oxygens (including phenoxy) is 1. The third-order valence-electron chi connectivity index (χ3n) is 2.47. The van der Waals surface area contributed by atoms with Crippen LogP contribution in [0.1, 0.15) is 15.2 Å². The molecule has 2 rings (SSSR count). The Morgan fingerprint density at radius 2 is 2.22 bits per heavy atom. The number of thiophene rings is 1. The molecule has 0 aliphatic carbocycles. The van der Waals surface area contributed by atoms with Crippen LogP contribution < -0.4 is 10.1 Å². The van der Waals surface area contributed by atoms with E-state index in [0.717, 1.165) is 15.7 Å². The van der Waals surface area contributed by atoms with E-state index in [4.69, 9.17) is 4.74 Å². The summed E-state index contributed by atoms with van der Waals surface area (Å²) in [6, 6.07) is 7.47. The number of amides is 1. The normalized spacial score (nSPS) is 10.2. The third-order valence-corrected chi connectivity index (χ3v) is 4.43. The summed E-state index contributed by atoms with van der Waals surface area (Å²) in [6.07, 6.45) is 0. The van der Waals surface area contributed by atoms with Crippen molar-refractivity contribution in [3.05, 3.63) is 44.6 Å². The molecule has 0 saturated heterocycles. The quantitative estimate of drug-likeness (QED) is 0.923. The summed E-state index contributed by atoms with van der Waals surface area (Å²) in [6.45, 7) is 1.98. The van der Waals surface area contributed by atoms with E-state index < -0.39 is 0 Å². The van der Waals surface area contributed by atoms with Crippen molar-refractivity contribution in [2.75, 3.05) is 12.4 Å². The third kappa shape index (κ3) is 2.73. The monoisotopic (exact) mass is 325 g/mol. The zero-order chi connectivity index (χ0) is 13.1. The fourth-order valence-corrected chi connectivity index (χ4v) is 2.59. The van der Waals surface area contributed by atoms with E-state index in [-0.39, 0.29) is 5.91 Å². The standard InChI is InChI=1S/C13H12BrNO2S/c1-8-4-3-5-10(12(8)14)15-13(16)11-6-9(17-2)7-18-11/h3-7H,1-2H3,(H,15,16). The molecule has 2 aromatic rings. The maximum Gasteiger partial charge on any atom is 0.265 e. The number of nitrogens with one attached hydrogen (secondary N) is 1. The van der Waals surface area contributed by atoms with Gasteiger partial charge in [0.2, 0.25) is 0 Å². The van der Waals surface area contributed by atoms with Crippen molar-refractivity contribution >= 4 is 38.9 Å². The largest absolute Gasteiger partial charge is 0.496 e. The van der Waals surface area contributed by atoms with E-state index in [1.54, 1.807) is 18.6 Å². The molecule has 1 aromatic heterocycles. The van der Waals surface area contributed by atoms with E-state index in [9.17, 15) is 4.79 Å². The first-order chi connectivity index (χ1) is 8.61. The van der Waals surface area contributed by atoms with Gasteiger partial charge in [0, 0.05) is 15.9 Å². The number of rotatable bonds is 3. The summed E-state index contributed by atoms with van der Waals surface area (Å²) in [5.74, 6) is 0.572. The summed E-state index contributed by atoms with van der Waals surface area (Å²) in [7, 11) is 1.58. The van der Waals surface area contributed by atoms with Crippen molar-refractivity contribution in [1.82, 2.24) is 0 Å². The molecule has 0 radical (unpaired) electrons. The number of halogens is 1. The molecule has 1 amide bonds. The molecule has 0 unspecified atom stereocenters. The van der Waals surface area contributed by atoms with Crippen LogP contribution in [-0.2, 0) is 0 Å². The van der Waals surface area contributed by atoms with Crippen LogP contribution in [0.25, 0.3) is 0 Å². The number of carbonyl (C=O) groups is 1. The summed E-state index contributed by atoms with van der Waals surface area (Å²) in [5.41, 5.74) is 1.85. The zero-order valence-corrected chi connectivity index (χ0v) is 12.4. The van der Waals surface area contributed by atoms with Gasteiger partial charge in [-0.1, -0.05) is 12.1 Å². The Balaban J connectivity index is 2.18. The topological polar surface area (TPSA) is 38.3 Å². The Morgan fingerprint density at radius 1 is 1.44 bits per heavy atom. The molecular weight excluding hydrogens is 314 g/mol. The number of hydrogen-bond acceptors (Lipinski definition) is 3. The molecule has 1 heterocycles. The highest BCUT2D eigenvalue weighted by Crippen LogP contribution is 2.27. The minimum atomic E-state index is -0.130. The Morgan fingerprint density at radius 3 is 2.89 bits per heavy atom. The van der Waals surface area contributed by atoms with Crippen molar-refractivity contribution in [2.45, 2.75) is 6.92 Å². The highest BCUT2D eigenvalue weighted by Gasteiger charge is 2.11. The Hall–Kier alpha value is -1.33. The van der Waals surface area contributed by atoms with Gasteiger partial charge >= 0.3 is 0 Å². The Labute approximate surface area is 118 Å². The molecule has 1 N–H and O–H groups in total. The van der Waals surface area contributed by atoms with Gasteiger partial charge in [-0.3, -0.25) is 4.79 Å². The molecule has 0 bridgehead atoms. The second-order valence-electron chi connectivity index (χ2n) is 3.74. The number of hydrogen-bond donors (Lipinski definition) is 1. The smallest absolute Gasteiger partial charge is 0.265 e. The highest BCUT2D eigenvalue weighted by atomic mass is 79.9. The number of anilines is 1. The second-order valence-corrected chi connectivity index (χ2v) is 5.45. The maximum absolute atomic E-state index is 12.0. The van der Waals surface area contributed by atoms with Crippen LogP contribution in [0.3, 0.4) is 0 Å². The molecule has 0 aliphatic rings. The predicted molar refractivity (Wildman–Crippen MR) is 77.7 cm³/mol. The lowest BCUT2D eigenvalue weighted by molar-refractivity contribution is 0.103. The maximum atomic E-state index is 12.0. The van der Waals surface area contributed by atoms with Gasteiger partial charge in [0.05, 0.1) is 17.7 Å². The number of benzene rings is 1. The van der Waals surface area contributed by atoms with Crippen LogP contribution in [0, 0.1) is 6.92 Å². The molecule has 0 fully saturated rings. The molecule has 0 spiro atoms. The van der Waals surface area contributed by atoms with Crippen LogP contribution in [0.15, 0.2) is 34.1 Å². The van der Waals surface area contributed by atoms with Crippen molar-refractivity contribution in [3.8, 4) is 5.75 Å². The van der Waals surface area contributed by atoms with Gasteiger partial charge < -0.3 is 10.1 Å². The average molecular weight is 326 g/mol. The molecule has 94 valence electrons. The highest BCUT2D eigenvalue weighted by molar-refractivity contribution is 9.10. The van der Waals surface area contributed by atoms with E-state index in [1.165, 1.54) is 11.3 Å². The summed E-state index contributed by atoms with van der Waals surface area (Å²) >= 11 is 4.82. The van der Waals surface area contributed by atoms with Crippen molar-refractivity contribution in [1.29, 1.82) is 0 Å². The molecule has 0 aliphatic heterocycles. The van der Waals surface area contributed by atoms with Crippen LogP contribution in [-0.4, -0.2) is 13.0 Å². The van der Waals surface area contributed by atoms with Gasteiger partial charge in [-0.2, -0.15) is 0 Å². The lowest BCUT2D eigenvalue weighted by atomic mass is 10.2. The van der Waals surface area contributed by atoms with Crippen LogP contribution in [0.5, 0.6) is 5.75 Å².